The minimum atomic E-state index is -0.0146. The lowest BCUT2D eigenvalue weighted by Gasteiger charge is -2.07. The summed E-state index contributed by atoms with van der Waals surface area (Å²) in [6, 6.07) is 0. The zero-order valence-corrected chi connectivity index (χ0v) is 15.3. The van der Waals surface area contributed by atoms with E-state index in [-0.39, 0.29) is 30.7 Å². The molecule has 0 rings (SSSR count). The minimum Gasteiger partial charge on any atom is -0.379 e. The lowest BCUT2D eigenvalue weighted by molar-refractivity contribution is -0.125. The Labute approximate surface area is 149 Å². The number of amides is 1. The van der Waals surface area contributed by atoms with Gasteiger partial charge < -0.3 is 24.3 Å². The topological polar surface area (TPSA) is 100 Å². The Morgan fingerprint density at radius 2 is 1.40 bits per heavy atom. The summed E-state index contributed by atoms with van der Waals surface area (Å²) in [5.74, 6) is 0.00362. The van der Waals surface area contributed by atoms with Gasteiger partial charge in [-0.3, -0.25) is 14.4 Å². The predicted molar refractivity (Wildman–Crippen MR) is 91.5 cm³/mol. The highest BCUT2D eigenvalue weighted by atomic mass is 16.5. The predicted octanol–water partition coefficient (Wildman–Crippen LogP) is 0.517. The molecule has 0 fully saturated rings. The lowest BCUT2D eigenvalue weighted by atomic mass is 10.2. The molecule has 0 saturated carbocycles. The highest BCUT2D eigenvalue weighted by Gasteiger charge is 2.02. The van der Waals surface area contributed by atoms with Gasteiger partial charge in [-0.25, -0.2) is 0 Å². The molecule has 0 unspecified atom stereocenters. The largest absolute Gasteiger partial charge is 0.379 e. The van der Waals surface area contributed by atoms with E-state index in [1.807, 2.05) is 0 Å². The maximum atomic E-state index is 11.6. The molecule has 25 heavy (non-hydrogen) atoms. The number of carbonyl (C=O) groups excluding carboxylic acids is 3. The van der Waals surface area contributed by atoms with Gasteiger partial charge in [-0.05, 0) is 13.3 Å². The Bertz CT molecular complexity index is 374. The summed E-state index contributed by atoms with van der Waals surface area (Å²) in [5, 5.41) is 2.70. The molecule has 1 N–H and O–H groups in total. The van der Waals surface area contributed by atoms with Gasteiger partial charge in [0.15, 0.2) is 11.6 Å². The van der Waals surface area contributed by atoms with Crippen LogP contribution in [0.2, 0.25) is 0 Å². The molecule has 0 spiro atoms. The van der Waals surface area contributed by atoms with E-state index in [4.69, 9.17) is 18.9 Å². The maximum absolute atomic E-state index is 11.6. The Morgan fingerprint density at radius 3 is 2.04 bits per heavy atom. The molecule has 8 heteroatoms. The number of hydrogen-bond acceptors (Lipinski definition) is 7. The van der Waals surface area contributed by atoms with E-state index in [1.165, 1.54) is 6.92 Å². The van der Waals surface area contributed by atoms with Crippen molar-refractivity contribution >= 4 is 17.5 Å². The van der Waals surface area contributed by atoms with E-state index in [2.05, 4.69) is 5.32 Å². The van der Waals surface area contributed by atoms with Crippen LogP contribution in [-0.4, -0.2) is 76.9 Å². The van der Waals surface area contributed by atoms with E-state index in [1.54, 1.807) is 6.92 Å². The van der Waals surface area contributed by atoms with Crippen LogP contribution < -0.4 is 5.32 Å². The summed E-state index contributed by atoms with van der Waals surface area (Å²) in [5.41, 5.74) is 0. The van der Waals surface area contributed by atoms with Gasteiger partial charge >= 0.3 is 0 Å². The Kier molecular flexibility index (Phi) is 16.5. The Morgan fingerprint density at radius 1 is 0.800 bits per heavy atom. The molecular weight excluding hydrogens is 330 g/mol. The summed E-state index contributed by atoms with van der Waals surface area (Å²) in [6.07, 6.45) is 1.49. The molecule has 0 heterocycles. The monoisotopic (exact) mass is 361 g/mol. The Hall–Kier alpha value is -1.35. The molecule has 0 bridgehead atoms. The van der Waals surface area contributed by atoms with Gasteiger partial charge in [-0.1, -0.05) is 6.92 Å². The van der Waals surface area contributed by atoms with Crippen molar-refractivity contribution < 1.29 is 33.3 Å². The molecular formula is C17H31NO7. The first kappa shape index (κ1) is 23.6. The fourth-order valence-electron chi connectivity index (χ4n) is 1.67. The number of carbonyl (C=O) groups is 3. The van der Waals surface area contributed by atoms with Gasteiger partial charge in [0.25, 0.3) is 0 Å². The summed E-state index contributed by atoms with van der Waals surface area (Å²) >= 11 is 0. The van der Waals surface area contributed by atoms with Crippen molar-refractivity contribution in [3.05, 3.63) is 0 Å². The molecule has 0 radical (unpaired) electrons. The standard InChI is InChI=1S/C17H31NO7/c1-3-17(21)18-6-8-23-10-12-25-14-16(20)5-4-7-22-9-11-24-13-15(2)19/h3-14H2,1-2H3,(H,18,21). The van der Waals surface area contributed by atoms with Crippen LogP contribution in [-0.2, 0) is 33.3 Å². The van der Waals surface area contributed by atoms with Gasteiger partial charge in [-0.15, -0.1) is 0 Å². The smallest absolute Gasteiger partial charge is 0.219 e. The number of hydrogen-bond donors (Lipinski definition) is 1. The van der Waals surface area contributed by atoms with Crippen LogP contribution in [0.25, 0.3) is 0 Å². The molecule has 0 aliphatic heterocycles. The summed E-state index contributed by atoms with van der Waals surface area (Å²) in [7, 11) is 0. The van der Waals surface area contributed by atoms with E-state index in [0.29, 0.717) is 65.4 Å². The summed E-state index contributed by atoms with van der Waals surface area (Å²) < 4.78 is 20.8. The number of Topliss-reactive ketones (excluding diaryl/α,β-unsaturated/α-hetero) is 2. The van der Waals surface area contributed by atoms with Crippen molar-refractivity contribution in [2.45, 2.75) is 33.1 Å². The Balaban J connectivity index is 3.23. The molecule has 0 aromatic rings. The first-order valence-corrected chi connectivity index (χ1v) is 8.65. The van der Waals surface area contributed by atoms with E-state index in [0.717, 1.165) is 0 Å². The average molecular weight is 361 g/mol. The van der Waals surface area contributed by atoms with Crippen molar-refractivity contribution in [2.75, 3.05) is 59.4 Å². The van der Waals surface area contributed by atoms with Crippen molar-refractivity contribution in [3.63, 3.8) is 0 Å². The van der Waals surface area contributed by atoms with Crippen molar-refractivity contribution in [2.24, 2.45) is 0 Å². The van der Waals surface area contributed by atoms with Crippen LogP contribution in [0.5, 0.6) is 0 Å². The molecule has 0 atom stereocenters. The van der Waals surface area contributed by atoms with Crippen LogP contribution in [0.3, 0.4) is 0 Å². The third-order valence-electron chi connectivity index (χ3n) is 2.95. The molecule has 0 aromatic carbocycles. The highest BCUT2D eigenvalue weighted by Crippen LogP contribution is 1.94. The van der Waals surface area contributed by atoms with Gasteiger partial charge in [0.1, 0.15) is 13.2 Å². The van der Waals surface area contributed by atoms with Crippen molar-refractivity contribution in [3.8, 4) is 0 Å². The van der Waals surface area contributed by atoms with Crippen molar-refractivity contribution in [1.82, 2.24) is 5.32 Å². The van der Waals surface area contributed by atoms with Gasteiger partial charge in [0.05, 0.1) is 33.0 Å². The van der Waals surface area contributed by atoms with Crippen LogP contribution in [0.4, 0.5) is 0 Å². The average Bonchev–Trinajstić information content (AvgIpc) is 2.58. The van der Waals surface area contributed by atoms with Gasteiger partial charge in [-0.2, -0.15) is 0 Å². The second kappa shape index (κ2) is 17.5. The lowest BCUT2D eigenvalue weighted by Crippen LogP contribution is -2.26. The van der Waals surface area contributed by atoms with Gasteiger partial charge in [0.2, 0.25) is 5.91 Å². The van der Waals surface area contributed by atoms with E-state index < -0.39 is 0 Å². The number of ether oxygens (including phenoxy) is 4. The first-order valence-electron chi connectivity index (χ1n) is 8.65. The molecule has 146 valence electrons. The van der Waals surface area contributed by atoms with Crippen LogP contribution in [0, 0.1) is 0 Å². The fraction of sp³-hybridized carbons (Fsp3) is 0.824. The van der Waals surface area contributed by atoms with Crippen molar-refractivity contribution in [1.29, 1.82) is 0 Å². The quantitative estimate of drug-likeness (QED) is 0.355. The summed E-state index contributed by atoms with van der Waals surface area (Å²) in [4.78, 5) is 33.2. The molecule has 1 amide bonds. The zero-order chi connectivity index (χ0) is 18.8. The number of nitrogens with one attached hydrogen (secondary N) is 1. The molecule has 0 aromatic heterocycles. The van der Waals surface area contributed by atoms with Gasteiger partial charge in [0, 0.05) is 26.0 Å². The second-order valence-electron chi connectivity index (χ2n) is 5.38. The second-order valence-corrected chi connectivity index (χ2v) is 5.38. The summed E-state index contributed by atoms with van der Waals surface area (Å²) in [6.45, 7) is 6.33. The van der Waals surface area contributed by atoms with E-state index in [9.17, 15) is 14.4 Å². The maximum Gasteiger partial charge on any atom is 0.219 e. The third kappa shape index (κ3) is 18.8. The first-order chi connectivity index (χ1) is 12.1. The molecule has 0 aliphatic rings. The fourth-order valence-corrected chi connectivity index (χ4v) is 1.67. The zero-order valence-electron chi connectivity index (χ0n) is 15.3. The normalized spacial score (nSPS) is 10.6. The number of rotatable bonds is 18. The highest BCUT2D eigenvalue weighted by molar-refractivity contribution is 5.79. The molecule has 8 nitrogen and oxygen atoms in total. The van der Waals surface area contributed by atoms with Crippen LogP contribution >= 0.6 is 0 Å². The third-order valence-corrected chi connectivity index (χ3v) is 2.95. The molecule has 0 saturated heterocycles. The number of ketones is 2. The SMILES string of the molecule is CCC(=O)NCCOCCOCC(=O)CCCOCCOCC(C)=O. The molecule has 0 aliphatic carbocycles. The van der Waals surface area contributed by atoms with Crippen LogP contribution in [0.1, 0.15) is 33.1 Å². The van der Waals surface area contributed by atoms with Crippen LogP contribution in [0.15, 0.2) is 0 Å². The minimum absolute atomic E-state index is 0.00184. The van der Waals surface area contributed by atoms with E-state index >= 15 is 0 Å².